The molecule has 0 spiro atoms. The molecule has 0 saturated heterocycles. The molecule has 1 fully saturated rings. The van der Waals surface area contributed by atoms with Crippen molar-refractivity contribution in [3.8, 4) is 11.8 Å². The van der Waals surface area contributed by atoms with Crippen LogP contribution in [0.25, 0.3) is 5.73 Å². The topological polar surface area (TPSA) is 61.6 Å². The number of rotatable bonds is 2. The maximum Gasteiger partial charge on any atom is 0.223 e. The molecule has 124 valence electrons. The number of anilines is 1. The molecule has 4 nitrogen and oxygen atoms in total. The van der Waals surface area contributed by atoms with Crippen LogP contribution in [0.2, 0.25) is 0 Å². The zero-order valence-electron chi connectivity index (χ0n) is 13.3. The Morgan fingerprint density at radius 3 is 2.46 bits per heavy atom. The van der Waals surface area contributed by atoms with Gasteiger partial charge in [-0.25, -0.2) is 18.7 Å². The predicted molar refractivity (Wildman–Crippen MR) is 88.8 cm³/mol. The van der Waals surface area contributed by atoms with Crippen LogP contribution in [0.15, 0.2) is 24.5 Å². The van der Waals surface area contributed by atoms with Crippen LogP contribution in [0.5, 0.6) is 0 Å². The first-order valence-corrected chi connectivity index (χ1v) is 7.79. The molecule has 6 heteroatoms. The van der Waals surface area contributed by atoms with Gasteiger partial charge in [-0.15, -0.1) is 5.69 Å². The molecular weight excluding hydrogens is 310 g/mol. The summed E-state index contributed by atoms with van der Waals surface area (Å²) < 4.78 is 27.3. The molecule has 24 heavy (non-hydrogen) atoms. The molecule has 1 aromatic carbocycles. The van der Waals surface area contributed by atoms with E-state index in [1.165, 1.54) is 25.2 Å². The van der Waals surface area contributed by atoms with E-state index in [0.717, 1.165) is 25.0 Å². The molecule has 1 aliphatic carbocycles. The van der Waals surface area contributed by atoms with Gasteiger partial charge in [0.2, 0.25) is 5.95 Å². The average Bonchev–Trinajstić information content (AvgIpc) is 2.99. The van der Waals surface area contributed by atoms with Gasteiger partial charge in [0, 0.05) is 17.9 Å². The van der Waals surface area contributed by atoms with Crippen molar-refractivity contribution in [2.75, 3.05) is 5.32 Å². The molecule has 0 radical (unpaired) electrons. The molecule has 2 aromatic rings. The number of hydrogen-bond donors (Lipinski definition) is 1. The summed E-state index contributed by atoms with van der Waals surface area (Å²) in [5.41, 5.74) is 7.02. The normalized spacial score (nSPS) is 15.6. The molecule has 0 aliphatic heterocycles. The van der Waals surface area contributed by atoms with Gasteiger partial charge in [0.25, 0.3) is 0 Å². The third-order valence-corrected chi connectivity index (χ3v) is 4.20. The van der Waals surface area contributed by atoms with Crippen LogP contribution in [0.1, 0.15) is 43.7 Å². The van der Waals surface area contributed by atoms with Gasteiger partial charge in [0.05, 0.1) is 11.1 Å². The number of halogens is 2. The van der Waals surface area contributed by atoms with Gasteiger partial charge in [-0.05, 0) is 25.8 Å². The molecule has 0 bridgehead atoms. The van der Waals surface area contributed by atoms with Crippen molar-refractivity contribution in [2.24, 2.45) is 0 Å². The van der Waals surface area contributed by atoms with Crippen molar-refractivity contribution >= 4 is 11.6 Å². The quantitative estimate of drug-likeness (QED) is 0.821. The minimum Gasteiger partial charge on any atom is -0.696 e. The van der Waals surface area contributed by atoms with Crippen LogP contribution in [0.3, 0.4) is 0 Å². The van der Waals surface area contributed by atoms with Crippen LogP contribution in [-0.2, 0) is 0 Å². The van der Waals surface area contributed by atoms with Gasteiger partial charge >= 0.3 is 0 Å². The van der Waals surface area contributed by atoms with E-state index in [1.54, 1.807) is 0 Å². The fourth-order valence-electron chi connectivity index (χ4n) is 2.81. The second-order valence-corrected chi connectivity index (χ2v) is 6.22. The molecule has 1 aromatic heterocycles. The van der Waals surface area contributed by atoms with Gasteiger partial charge in [0.1, 0.15) is 11.6 Å². The predicted octanol–water partition coefficient (Wildman–Crippen LogP) is 4.58. The fraction of sp³-hybridized carbons (Fsp3) is 0.333. The first kappa shape index (κ1) is 16.2. The summed E-state index contributed by atoms with van der Waals surface area (Å²) in [4.78, 5) is 8.43. The Balaban J connectivity index is 1.77. The van der Waals surface area contributed by atoms with E-state index >= 15 is 0 Å². The highest BCUT2D eigenvalue weighted by Gasteiger charge is 2.28. The third-order valence-electron chi connectivity index (χ3n) is 4.20. The maximum absolute atomic E-state index is 13.7. The third kappa shape index (κ3) is 3.46. The highest BCUT2D eigenvalue weighted by molar-refractivity contribution is 5.54. The summed E-state index contributed by atoms with van der Waals surface area (Å²) in [5.74, 6) is 3.83. The van der Waals surface area contributed by atoms with Gasteiger partial charge < -0.3 is 11.1 Å². The molecule has 0 unspecified atom stereocenters. The van der Waals surface area contributed by atoms with Crippen LogP contribution >= 0.6 is 0 Å². The smallest absolute Gasteiger partial charge is 0.223 e. The Labute approximate surface area is 139 Å². The zero-order chi connectivity index (χ0) is 17.2. The fourth-order valence-corrected chi connectivity index (χ4v) is 2.81. The summed E-state index contributed by atoms with van der Waals surface area (Å²) in [5, 5.41) is 3.33. The van der Waals surface area contributed by atoms with E-state index in [2.05, 4.69) is 34.0 Å². The number of nitrogens with zero attached hydrogens (tertiary/aromatic N) is 2. The summed E-state index contributed by atoms with van der Waals surface area (Å²) in [6.45, 7) is 2.15. The standard InChI is InChI=1S/C18H17F2N4/c1-18(8-2-3-9-18)24-17-22-10-12(11-23-17)4-5-13-14(19)6-7-15(21)16(13)20/h6-7,10-11,21H,2-3,8-9H2,1H3,(H,22,23,24)/q-1. The number of nitrogens with one attached hydrogen (secondary N) is 2. The second-order valence-electron chi connectivity index (χ2n) is 6.22. The van der Waals surface area contributed by atoms with Gasteiger partial charge in [-0.1, -0.05) is 30.7 Å². The SMILES string of the molecule is CC1(Nc2ncc(C#Cc3c(F)ccc([NH-])c3F)cn2)CCCC1. The molecule has 1 heterocycles. The zero-order valence-corrected chi connectivity index (χ0v) is 13.3. The Morgan fingerprint density at radius 2 is 1.79 bits per heavy atom. The molecule has 0 atom stereocenters. The van der Waals surface area contributed by atoms with E-state index in [0.29, 0.717) is 11.5 Å². The lowest BCUT2D eigenvalue weighted by molar-refractivity contribution is 0.528. The van der Waals surface area contributed by atoms with Gasteiger partial charge in [0.15, 0.2) is 0 Å². The van der Waals surface area contributed by atoms with Crippen LogP contribution in [0, 0.1) is 23.5 Å². The Bertz CT molecular complexity index is 800. The Hall–Kier alpha value is -2.68. The first-order chi connectivity index (χ1) is 11.5. The van der Waals surface area contributed by atoms with Gasteiger partial charge in [-0.3, -0.25) is 0 Å². The van der Waals surface area contributed by atoms with Crippen LogP contribution in [0.4, 0.5) is 20.4 Å². The van der Waals surface area contributed by atoms with Crippen molar-refractivity contribution in [2.45, 2.75) is 38.1 Å². The van der Waals surface area contributed by atoms with Crippen molar-refractivity contribution in [1.29, 1.82) is 0 Å². The van der Waals surface area contributed by atoms with E-state index in [1.807, 2.05) is 0 Å². The van der Waals surface area contributed by atoms with E-state index in [4.69, 9.17) is 5.73 Å². The van der Waals surface area contributed by atoms with E-state index in [-0.39, 0.29) is 11.2 Å². The summed E-state index contributed by atoms with van der Waals surface area (Å²) >= 11 is 0. The van der Waals surface area contributed by atoms with Crippen LogP contribution in [-0.4, -0.2) is 15.5 Å². The monoisotopic (exact) mass is 327 g/mol. The van der Waals surface area contributed by atoms with E-state index < -0.39 is 17.2 Å². The lowest BCUT2D eigenvalue weighted by Gasteiger charge is -2.24. The average molecular weight is 327 g/mol. The number of aromatic nitrogens is 2. The summed E-state index contributed by atoms with van der Waals surface area (Å²) in [6, 6.07) is 2.09. The molecule has 3 rings (SSSR count). The lowest BCUT2D eigenvalue weighted by atomic mass is 10.0. The molecule has 1 aliphatic rings. The van der Waals surface area contributed by atoms with E-state index in [9.17, 15) is 8.78 Å². The number of benzene rings is 1. The lowest BCUT2D eigenvalue weighted by Crippen LogP contribution is -2.31. The highest BCUT2D eigenvalue weighted by atomic mass is 19.1. The maximum atomic E-state index is 13.7. The summed E-state index contributed by atoms with van der Waals surface area (Å²) in [7, 11) is 0. The van der Waals surface area contributed by atoms with Crippen molar-refractivity contribution in [3.05, 3.63) is 53.0 Å². The largest absolute Gasteiger partial charge is 0.696 e. The van der Waals surface area contributed by atoms with Gasteiger partial charge in [-0.2, -0.15) is 0 Å². The first-order valence-electron chi connectivity index (χ1n) is 7.79. The summed E-state index contributed by atoms with van der Waals surface area (Å²) in [6.07, 6.45) is 7.58. The van der Waals surface area contributed by atoms with Crippen molar-refractivity contribution < 1.29 is 8.78 Å². The molecule has 1 saturated carbocycles. The molecule has 2 N–H and O–H groups in total. The Morgan fingerprint density at radius 1 is 1.12 bits per heavy atom. The Kier molecular flexibility index (Phi) is 4.34. The van der Waals surface area contributed by atoms with Crippen molar-refractivity contribution in [3.63, 3.8) is 0 Å². The van der Waals surface area contributed by atoms with Crippen molar-refractivity contribution in [1.82, 2.24) is 9.97 Å². The minimum absolute atomic E-state index is 0.0218. The molecule has 0 amide bonds. The minimum atomic E-state index is -0.962. The highest BCUT2D eigenvalue weighted by Crippen LogP contribution is 2.31. The number of hydrogen-bond acceptors (Lipinski definition) is 3. The van der Waals surface area contributed by atoms with Crippen LogP contribution < -0.4 is 5.32 Å². The second kappa shape index (κ2) is 6.44. The molecular formula is C18H17F2N4-.